The fourth-order valence-corrected chi connectivity index (χ4v) is 2.86. The summed E-state index contributed by atoms with van der Waals surface area (Å²) < 4.78 is 7.13. The fourth-order valence-electron chi connectivity index (χ4n) is 2.45. The zero-order valence-electron chi connectivity index (χ0n) is 12.4. The van der Waals surface area contributed by atoms with Crippen LogP contribution < -0.4 is 5.32 Å². The van der Waals surface area contributed by atoms with E-state index >= 15 is 0 Å². The maximum Gasteiger partial charge on any atom is 0.134 e. The van der Waals surface area contributed by atoms with Gasteiger partial charge in [0.25, 0.3) is 0 Å². The van der Waals surface area contributed by atoms with Gasteiger partial charge in [0.2, 0.25) is 0 Å². The van der Waals surface area contributed by atoms with Crippen molar-refractivity contribution in [3.05, 3.63) is 46.1 Å². The molecular formula is C17H22BrNO. The zero-order valence-corrected chi connectivity index (χ0v) is 14.0. The van der Waals surface area contributed by atoms with Gasteiger partial charge in [-0.25, -0.2) is 0 Å². The molecule has 0 radical (unpaired) electrons. The van der Waals surface area contributed by atoms with E-state index in [4.69, 9.17) is 4.42 Å². The quantitative estimate of drug-likeness (QED) is 0.819. The minimum atomic E-state index is 0.439. The van der Waals surface area contributed by atoms with E-state index in [9.17, 15) is 0 Å². The van der Waals surface area contributed by atoms with Crippen LogP contribution in [0.1, 0.15) is 32.1 Å². The summed E-state index contributed by atoms with van der Waals surface area (Å²) in [6.45, 7) is 7.46. The molecule has 2 rings (SSSR count). The molecule has 108 valence electrons. The highest BCUT2D eigenvalue weighted by atomic mass is 79.9. The minimum Gasteiger partial charge on any atom is -0.461 e. The second kappa shape index (κ2) is 7.09. The second-order valence-electron chi connectivity index (χ2n) is 5.08. The molecule has 1 atom stereocenters. The van der Waals surface area contributed by atoms with Crippen LogP contribution in [0.4, 0.5) is 0 Å². The van der Waals surface area contributed by atoms with E-state index in [0.717, 1.165) is 35.4 Å². The van der Waals surface area contributed by atoms with Crippen LogP contribution in [0, 0.1) is 0 Å². The van der Waals surface area contributed by atoms with Crippen LogP contribution in [0.15, 0.2) is 39.2 Å². The van der Waals surface area contributed by atoms with E-state index in [2.05, 4.69) is 72.3 Å². The van der Waals surface area contributed by atoms with Crippen LogP contribution in [0.25, 0.3) is 11.3 Å². The predicted octanol–water partition coefficient (Wildman–Crippen LogP) is 4.81. The lowest BCUT2D eigenvalue weighted by molar-refractivity contribution is 0.470. The first-order valence-corrected chi connectivity index (χ1v) is 8.04. The van der Waals surface area contributed by atoms with Crippen LogP contribution in [0.2, 0.25) is 0 Å². The van der Waals surface area contributed by atoms with Crippen molar-refractivity contribution in [2.24, 2.45) is 0 Å². The zero-order chi connectivity index (χ0) is 14.5. The summed E-state index contributed by atoms with van der Waals surface area (Å²) in [6.07, 6.45) is 1.92. The Morgan fingerprint density at radius 1 is 1.20 bits per heavy atom. The molecule has 0 bridgehead atoms. The van der Waals surface area contributed by atoms with Gasteiger partial charge in [-0.2, -0.15) is 0 Å². The van der Waals surface area contributed by atoms with Gasteiger partial charge in [0.05, 0.1) is 0 Å². The maximum absolute atomic E-state index is 6.01. The number of nitrogens with one attached hydrogen (secondary N) is 1. The van der Waals surface area contributed by atoms with Gasteiger partial charge in [-0.05, 0) is 55.8 Å². The third-order valence-corrected chi connectivity index (χ3v) is 3.93. The van der Waals surface area contributed by atoms with Gasteiger partial charge in [0, 0.05) is 22.5 Å². The van der Waals surface area contributed by atoms with E-state index < -0.39 is 0 Å². The Labute approximate surface area is 129 Å². The lowest BCUT2D eigenvalue weighted by Crippen LogP contribution is -2.27. The summed E-state index contributed by atoms with van der Waals surface area (Å²) in [5.74, 6) is 2.01. The van der Waals surface area contributed by atoms with Crippen LogP contribution in [0.3, 0.4) is 0 Å². The van der Waals surface area contributed by atoms with E-state index in [1.54, 1.807) is 0 Å². The molecule has 1 heterocycles. The standard InChI is InChI=1S/C17H22BrNO/c1-4-13-11-14(18)6-8-16(13)17-9-7-15(20-17)10-12(3)19-5-2/h6-9,11-12,19H,4-5,10H2,1-3H3. The molecule has 0 saturated carbocycles. The van der Waals surface area contributed by atoms with Crippen molar-refractivity contribution in [2.75, 3.05) is 6.54 Å². The van der Waals surface area contributed by atoms with E-state index in [-0.39, 0.29) is 0 Å². The number of hydrogen-bond acceptors (Lipinski definition) is 2. The van der Waals surface area contributed by atoms with Gasteiger partial charge in [0.1, 0.15) is 11.5 Å². The van der Waals surface area contributed by atoms with Gasteiger partial charge in [-0.1, -0.05) is 29.8 Å². The number of benzene rings is 1. The smallest absolute Gasteiger partial charge is 0.134 e. The van der Waals surface area contributed by atoms with E-state index in [1.165, 1.54) is 11.1 Å². The molecule has 3 heteroatoms. The topological polar surface area (TPSA) is 25.2 Å². The summed E-state index contributed by atoms with van der Waals surface area (Å²) in [7, 11) is 0. The van der Waals surface area contributed by atoms with Gasteiger partial charge in [-0.15, -0.1) is 0 Å². The van der Waals surface area contributed by atoms with E-state index in [0.29, 0.717) is 6.04 Å². The monoisotopic (exact) mass is 335 g/mol. The molecule has 1 aromatic heterocycles. The highest BCUT2D eigenvalue weighted by Crippen LogP contribution is 2.29. The van der Waals surface area contributed by atoms with Crippen molar-refractivity contribution in [3.63, 3.8) is 0 Å². The third-order valence-electron chi connectivity index (χ3n) is 3.44. The predicted molar refractivity (Wildman–Crippen MR) is 88.1 cm³/mol. The van der Waals surface area contributed by atoms with Crippen LogP contribution in [-0.2, 0) is 12.8 Å². The Bertz CT molecular complexity index is 562. The largest absolute Gasteiger partial charge is 0.461 e. The second-order valence-corrected chi connectivity index (χ2v) is 6.00. The van der Waals surface area contributed by atoms with Gasteiger partial charge >= 0.3 is 0 Å². The fraction of sp³-hybridized carbons (Fsp3) is 0.412. The summed E-state index contributed by atoms with van der Waals surface area (Å²) in [6, 6.07) is 11.0. The lowest BCUT2D eigenvalue weighted by atomic mass is 10.0. The lowest BCUT2D eigenvalue weighted by Gasteiger charge is -2.10. The first kappa shape index (κ1) is 15.3. The number of furan rings is 1. The summed E-state index contributed by atoms with van der Waals surface area (Å²) in [5.41, 5.74) is 2.50. The minimum absolute atomic E-state index is 0.439. The molecule has 1 N–H and O–H groups in total. The molecule has 2 nitrogen and oxygen atoms in total. The normalized spacial score (nSPS) is 12.6. The van der Waals surface area contributed by atoms with Crippen LogP contribution in [0.5, 0.6) is 0 Å². The summed E-state index contributed by atoms with van der Waals surface area (Å²) in [5, 5.41) is 3.41. The van der Waals surface area contributed by atoms with Crippen LogP contribution >= 0.6 is 15.9 Å². The highest BCUT2D eigenvalue weighted by Gasteiger charge is 2.11. The average molecular weight is 336 g/mol. The Balaban J connectivity index is 2.20. The van der Waals surface area contributed by atoms with Gasteiger partial charge < -0.3 is 9.73 Å². The summed E-state index contributed by atoms with van der Waals surface area (Å²) >= 11 is 3.53. The van der Waals surface area contributed by atoms with Crippen molar-refractivity contribution >= 4 is 15.9 Å². The number of hydrogen-bond donors (Lipinski definition) is 1. The van der Waals surface area contributed by atoms with Crippen LogP contribution in [-0.4, -0.2) is 12.6 Å². The average Bonchev–Trinajstić information content (AvgIpc) is 2.87. The van der Waals surface area contributed by atoms with Gasteiger partial charge in [0.15, 0.2) is 0 Å². The number of aryl methyl sites for hydroxylation is 1. The Morgan fingerprint density at radius 3 is 2.70 bits per heavy atom. The molecule has 0 aliphatic heterocycles. The Kier molecular flexibility index (Phi) is 5.44. The summed E-state index contributed by atoms with van der Waals surface area (Å²) in [4.78, 5) is 0. The Morgan fingerprint density at radius 2 is 2.00 bits per heavy atom. The molecule has 0 amide bonds. The van der Waals surface area contributed by atoms with Crippen molar-refractivity contribution < 1.29 is 4.42 Å². The molecule has 0 saturated heterocycles. The number of rotatable bonds is 6. The molecule has 1 unspecified atom stereocenters. The molecule has 1 aromatic carbocycles. The van der Waals surface area contributed by atoms with E-state index in [1.807, 2.05) is 0 Å². The molecule has 0 aliphatic rings. The molecule has 20 heavy (non-hydrogen) atoms. The Hall–Kier alpha value is -1.06. The molecule has 0 fully saturated rings. The number of halogens is 1. The SMILES string of the molecule is CCNC(C)Cc1ccc(-c2ccc(Br)cc2CC)o1. The van der Waals surface area contributed by atoms with Gasteiger partial charge in [-0.3, -0.25) is 0 Å². The van der Waals surface area contributed by atoms with Crippen molar-refractivity contribution in [1.82, 2.24) is 5.32 Å². The molecule has 0 spiro atoms. The third kappa shape index (κ3) is 3.74. The van der Waals surface area contributed by atoms with Crippen molar-refractivity contribution in [2.45, 2.75) is 39.7 Å². The first-order valence-electron chi connectivity index (χ1n) is 7.25. The number of likely N-dealkylation sites (N-methyl/N-ethyl adjacent to an activating group) is 1. The molecular weight excluding hydrogens is 314 g/mol. The highest BCUT2D eigenvalue weighted by molar-refractivity contribution is 9.10. The first-order chi connectivity index (χ1) is 9.63. The van der Waals surface area contributed by atoms with Crippen molar-refractivity contribution in [3.8, 4) is 11.3 Å². The van der Waals surface area contributed by atoms with Crippen molar-refractivity contribution in [1.29, 1.82) is 0 Å². The molecule has 2 aromatic rings. The molecule has 0 aliphatic carbocycles. The maximum atomic E-state index is 6.01.